The van der Waals surface area contributed by atoms with E-state index in [0.29, 0.717) is 0 Å². The Morgan fingerprint density at radius 3 is 2.33 bits per heavy atom. The van der Waals surface area contributed by atoms with Gasteiger partial charge in [-0.15, -0.1) is 0 Å². The SMILES string of the molecule is O=C(c1ccc(N2Cc3ccccc3C2)cc1)N1CCC2(CCCCN2)C1. The Hall–Kier alpha value is -2.33. The van der Waals surface area contributed by atoms with Gasteiger partial charge in [-0.25, -0.2) is 0 Å². The molecule has 1 amide bonds. The number of nitrogens with one attached hydrogen (secondary N) is 1. The van der Waals surface area contributed by atoms with Crippen molar-refractivity contribution in [3.63, 3.8) is 0 Å². The summed E-state index contributed by atoms with van der Waals surface area (Å²) in [6.45, 7) is 4.71. The summed E-state index contributed by atoms with van der Waals surface area (Å²) in [5.74, 6) is 0.176. The number of piperidine rings is 1. The van der Waals surface area contributed by atoms with Crippen molar-refractivity contribution in [1.82, 2.24) is 10.2 Å². The highest BCUT2D eigenvalue weighted by molar-refractivity contribution is 5.94. The number of likely N-dealkylation sites (tertiary alicyclic amines) is 1. The van der Waals surface area contributed by atoms with E-state index in [0.717, 1.165) is 44.7 Å². The van der Waals surface area contributed by atoms with Crippen molar-refractivity contribution >= 4 is 11.6 Å². The summed E-state index contributed by atoms with van der Waals surface area (Å²) in [7, 11) is 0. The van der Waals surface area contributed by atoms with E-state index in [2.05, 4.69) is 46.6 Å². The van der Waals surface area contributed by atoms with Gasteiger partial charge in [-0.3, -0.25) is 4.79 Å². The topological polar surface area (TPSA) is 35.6 Å². The van der Waals surface area contributed by atoms with Crippen LogP contribution in [0.25, 0.3) is 0 Å². The molecule has 0 radical (unpaired) electrons. The number of carbonyl (C=O) groups excluding carboxylic acids is 1. The molecule has 1 unspecified atom stereocenters. The Balaban J connectivity index is 1.26. The molecule has 1 atom stereocenters. The third-order valence-corrected chi connectivity index (χ3v) is 6.54. The van der Waals surface area contributed by atoms with E-state index in [1.165, 1.54) is 36.1 Å². The van der Waals surface area contributed by atoms with Crippen molar-refractivity contribution < 1.29 is 4.79 Å². The van der Waals surface area contributed by atoms with Gasteiger partial charge in [0.15, 0.2) is 0 Å². The van der Waals surface area contributed by atoms with Crippen molar-refractivity contribution in [1.29, 1.82) is 0 Å². The molecule has 2 aromatic rings. The van der Waals surface area contributed by atoms with Crippen molar-refractivity contribution in [2.45, 2.75) is 44.3 Å². The number of amides is 1. The molecule has 1 spiro atoms. The van der Waals surface area contributed by atoms with Crippen LogP contribution in [0, 0.1) is 0 Å². The molecule has 2 saturated heterocycles. The second-order valence-corrected chi connectivity index (χ2v) is 8.31. The minimum atomic E-state index is 0.176. The summed E-state index contributed by atoms with van der Waals surface area (Å²) >= 11 is 0. The van der Waals surface area contributed by atoms with E-state index in [4.69, 9.17) is 0 Å². The van der Waals surface area contributed by atoms with Crippen molar-refractivity contribution in [2.24, 2.45) is 0 Å². The highest BCUT2D eigenvalue weighted by atomic mass is 16.2. The van der Waals surface area contributed by atoms with Crippen LogP contribution in [0.15, 0.2) is 48.5 Å². The minimum absolute atomic E-state index is 0.176. The lowest BCUT2D eigenvalue weighted by atomic mass is 9.88. The van der Waals surface area contributed by atoms with E-state index in [1.54, 1.807) is 0 Å². The molecule has 27 heavy (non-hydrogen) atoms. The van der Waals surface area contributed by atoms with Gasteiger partial charge in [-0.05, 0) is 61.2 Å². The zero-order valence-corrected chi connectivity index (χ0v) is 15.8. The summed E-state index contributed by atoms with van der Waals surface area (Å²) in [5.41, 5.74) is 4.98. The molecule has 3 heterocycles. The highest BCUT2D eigenvalue weighted by Gasteiger charge is 2.40. The van der Waals surface area contributed by atoms with Crippen LogP contribution in [0.4, 0.5) is 5.69 Å². The van der Waals surface area contributed by atoms with E-state index in [9.17, 15) is 4.79 Å². The van der Waals surface area contributed by atoms with Gasteiger partial charge >= 0.3 is 0 Å². The zero-order chi connectivity index (χ0) is 18.3. The third kappa shape index (κ3) is 3.12. The fourth-order valence-electron chi connectivity index (χ4n) is 4.94. The Bertz CT molecular complexity index is 814. The number of anilines is 1. The first-order valence-corrected chi connectivity index (χ1v) is 10.2. The van der Waals surface area contributed by atoms with Crippen LogP contribution in [0.1, 0.15) is 47.2 Å². The summed E-state index contributed by atoms with van der Waals surface area (Å²) in [4.78, 5) is 17.4. The molecule has 3 aliphatic rings. The Morgan fingerprint density at radius 2 is 1.67 bits per heavy atom. The Morgan fingerprint density at radius 1 is 0.926 bits per heavy atom. The smallest absolute Gasteiger partial charge is 0.253 e. The van der Waals surface area contributed by atoms with Gasteiger partial charge in [0.2, 0.25) is 0 Å². The number of benzene rings is 2. The van der Waals surface area contributed by atoms with Crippen molar-refractivity contribution in [3.05, 3.63) is 65.2 Å². The second-order valence-electron chi connectivity index (χ2n) is 8.31. The highest BCUT2D eigenvalue weighted by Crippen LogP contribution is 2.31. The predicted octanol–water partition coefficient (Wildman–Crippen LogP) is 3.57. The molecule has 1 N–H and O–H groups in total. The molecule has 4 heteroatoms. The summed E-state index contributed by atoms with van der Waals surface area (Å²) in [6, 6.07) is 16.8. The lowest BCUT2D eigenvalue weighted by molar-refractivity contribution is 0.0775. The van der Waals surface area contributed by atoms with Crippen LogP contribution in [0.5, 0.6) is 0 Å². The van der Waals surface area contributed by atoms with Crippen molar-refractivity contribution in [2.75, 3.05) is 24.5 Å². The van der Waals surface area contributed by atoms with Gasteiger partial charge in [0, 0.05) is 43.0 Å². The molecule has 3 aliphatic heterocycles. The minimum Gasteiger partial charge on any atom is -0.363 e. The lowest BCUT2D eigenvalue weighted by Crippen LogP contribution is -2.50. The maximum Gasteiger partial charge on any atom is 0.253 e. The summed E-state index contributed by atoms with van der Waals surface area (Å²) < 4.78 is 0. The molecule has 2 aromatic carbocycles. The maximum absolute atomic E-state index is 13.0. The van der Waals surface area contributed by atoms with Gasteiger partial charge in [0.1, 0.15) is 0 Å². The molecular weight excluding hydrogens is 334 g/mol. The number of hydrogen-bond acceptors (Lipinski definition) is 3. The quantitative estimate of drug-likeness (QED) is 0.888. The van der Waals surface area contributed by atoms with Gasteiger partial charge in [-0.2, -0.15) is 0 Å². The van der Waals surface area contributed by atoms with E-state index in [1.807, 2.05) is 17.0 Å². The molecule has 140 valence electrons. The van der Waals surface area contributed by atoms with Crippen LogP contribution in [-0.2, 0) is 13.1 Å². The molecule has 5 rings (SSSR count). The Labute approximate surface area is 161 Å². The van der Waals surface area contributed by atoms with Crippen LogP contribution < -0.4 is 10.2 Å². The standard InChI is InChI=1S/C23H27N3O/c27-22(25-14-12-23(17-25)11-3-4-13-24-23)18-7-9-21(10-8-18)26-15-19-5-1-2-6-20(19)16-26/h1-2,5-10,24H,3-4,11-17H2. The lowest BCUT2D eigenvalue weighted by Gasteiger charge is -2.34. The van der Waals surface area contributed by atoms with E-state index >= 15 is 0 Å². The fraction of sp³-hybridized carbons (Fsp3) is 0.435. The average Bonchev–Trinajstić information content (AvgIpc) is 3.33. The maximum atomic E-state index is 13.0. The number of nitrogens with zero attached hydrogens (tertiary/aromatic N) is 2. The zero-order valence-electron chi connectivity index (χ0n) is 15.8. The second kappa shape index (κ2) is 6.68. The van der Waals surface area contributed by atoms with Gasteiger partial charge < -0.3 is 15.1 Å². The largest absolute Gasteiger partial charge is 0.363 e. The summed E-state index contributed by atoms with van der Waals surface area (Å²) in [5, 5.41) is 3.69. The normalized spacial score (nSPS) is 24.4. The number of rotatable bonds is 2. The van der Waals surface area contributed by atoms with Crippen LogP contribution in [0.2, 0.25) is 0 Å². The molecule has 0 aromatic heterocycles. The van der Waals surface area contributed by atoms with E-state index in [-0.39, 0.29) is 11.4 Å². The Kier molecular flexibility index (Phi) is 4.16. The van der Waals surface area contributed by atoms with Crippen LogP contribution in [0.3, 0.4) is 0 Å². The van der Waals surface area contributed by atoms with Crippen LogP contribution in [-0.4, -0.2) is 36.0 Å². The average molecular weight is 361 g/mol. The number of hydrogen-bond donors (Lipinski definition) is 1. The molecular formula is C23H27N3O. The van der Waals surface area contributed by atoms with E-state index < -0.39 is 0 Å². The van der Waals surface area contributed by atoms with Gasteiger partial charge in [-0.1, -0.05) is 30.7 Å². The molecule has 2 fully saturated rings. The van der Waals surface area contributed by atoms with Crippen LogP contribution >= 0.6 is 0 Å². The first-order valence-electron chi connectivity index (χ1n) is 10.2. The molecule has 0 aliphatic carbocycles. The third-order valence-electron chi connectivity index (χ3n) is 6.54. The molecule has 0 saturated carbocycles. The number of fused-ring (bicyclic) bond motifs is 1. The molecule has 0 bridgehead atoms. The monoisotopic (exact) mass is 361 g/mol. The van der Waals surface area contributed by atoms with Crippen molar-refractivity contribution in [3.8, 4) is 0 Å². The van der Waals surface area contributed by atoms with Gasteiger partial charge in [0.05, 0.1) is 0 Å². The van der Waals surface area contributed by atoms with Gasteiger partial charge in [0.25, 0.3) is 5.91 Å². The number of carbonyl (C=O) groups is 1. The molecule has 4 nitrogen and oxygen atoms in total. The first kappa shape index (κ1) is 16.8. The first-order chi connectivity index (χ1) is 13.2. The predicted molar refractivity (Wildman–Crippen MR) is 108 cm³/mol. The summed E-state index contributed by atoms with van der Waals surface area (Å²) in [6.07, 6.45) is 4.83. The fourth-order valence-corrected chi connectivity index (χ4v) is 4.94.